The Morgan fingerprint density at radius 3 is 2.74 bits per heavy atom. The van der Waals surface area contributed by atoms with Crippen LogP contribution in [0.2, 0.25) is 0 Å². The highest BCUT2D eigenvalue weighted by Crippen LogP contribution is 2.31. The van der Waals surface area contributed by atoms with Crippen LogP contribution in [0.5, 0.6) is 11.5 Å². The van der Waals surface area contributed by atoms with Crippen molar-refractivity contribution in [3.05, 3.63) is 76.3 Å². The molecule has 158 valence electrons. The van der Waals surface area contributed by atoms with Crippen LogP contribution in [0.4, 0.5) is 0 Å². The van der Waals surface area contributed by atoms with E-state index in [1.807, 2.05) is 41.9 Å². The molecular formula is C24H23N3O3S. The minimum Gasteiger partial charge on any atom is -0.486 e. The first-order valence-corrected chi connectivity index (χ1v) is 11.1. The Labute approximate surface area is 184 Å². The first-order chi connectivity index (χ1) is 15.1. The number of ether oxygens (including phenoxy) is 2. The van der Waals surface area contributed by atoms with Crippen molar-refractivity contribution >= 4 is 27.5 Å². The fourth-order valence-electron chi connectivity index (χ4n) is 3.66. The highest BCUT2D eigenvalue weighted by atomic mass is 32.1. The van der Waals surface area contributed by atoms with Gasteiger partial charge in [0, 0.05) is 5.39 Å². The Morgan fingerprint density at radius 1 is 1.16 bits per heavy atom. The summed E-state index contributed by atoms with van der Waals surface area (Å²) < 4.78 is 13.6. The lowest BCUT2D eigenvalue weighted by atomic mass is 10.1. The van der Waals surface area contributed by atoms with Gasteiger partial charge in [0.25, 0.3) is 5.91 Å². The van der Waals surface area contributed by atoms with Gasteiger partial charge >= 0.3 is 0 Å². The number of carbonyl (C=O) groups is 1. The molecular weight excluding hydrogens is 410 g/mol. The Hall–Kier alpha value is -3.32. The maximum Gasteiger partial charge on any atom is 0.261 e. The van der Waals surface area contributed by atoms with E-state index in [2.05, 4.69) is 41.6 Å². The molecule has 1 unspecified atom stereocenters. The molecule has 6 nitrogen and oxygen atoms in total. The molecule has 0 radical (unpaired) electrons. The Balaban J connectivity index is 1.28. The zero-order valence-electron chi connectivity index (χ0n) is 17.4. The average molecular weight is 434 g/mol. The number of para-hydroxylation sites is 2. The summed E-state index contributed by atoms with van der Waals surface area (Å²) in [6.45, 7) is 5.53. The van der Waals surface area contributed by atoms with Crippen LogP contribution in [0, 0.1) is 13.8 Å². The van der Waals surface area contributed by atoms with Gasteiger partial charge < -0.3 is 14.8 Å². The summed E-state index contributed by atoms with van der Waals surface area (Å²) in [5, 5.41) is 8.67. The number of hydrogen-bond donors (Lipinski definition) is 1. The highest BCUT2D eigenvalue weighted by molar-refractivity contribution is 7.20. The van der Waals surface area contributed by atoms with Gasteiger partial charge in [0.1, 0.15) is 17.5 Å². The molecule has 0 aliphatic carbocycles. The molecule has 0 saturated carbocycles. The van der Waals surface area contributed by atoms with Gasteiger partial charge in [-0.25, -0.2) is 0 Å². The molecule has 3 heterocycles. The molecule has 1 atom stereocenters. The van der Waals surface area contributed by atoms with Crippen molar-refractivity contribution in [2.75, 3.05) is 13.2 Å². The molecule has 0 spiro atoms. The molecule has 0 saturated heterocycles. The lowest BCUT2D eigenvalue weighted by Gasteiger charge is -2.26. The smallest absolute Gasteiger partial charge is 0.261 e. The number of nitrogens with one attached hydrogen (secondary N) is 1. The van der Waals surface area contributed by atoms with Crippen molar-refractivity contribution in [1.29, 1.82) is 0 Å². The maximum atomic E-state index is 12.8. The molecule has 1 N–H and O–H groups in total. The Kier molecular flexibility index (Phi) is 5.11. The van der Waals surface area contributed by atoms with Gasteiger partial charge in [0.05, 0.1) is 23.7 Å². The lowest BCUT2D eigenvalue weighted by Crippen LogP contribution is -2.40. The van der Waals surface area contributed by atoms with Crippen LogP contribution in [-0.2, 0) is 6.54 Å². The number of carbonyl (C=O) groups excluding carboxylic acids is 1. The molecule has 31 heavy (non-hydrogen) atoms. The molecule has 2 aromatic carbocycles. The van der Waals surface area contributed by atoms with Crippen molar-refractivity contribution in [1.82, 2.24) is 15.1 Å². The predicted molar refractivity (Wildman–Crippen MR) is 121 cm³/mol. The molecule has 7 heteroatoms. The van der Waals surface area contributed by atoms with Crippen molar-refractivity contribution < 1.29 is 14.3 Å². The molecule has 0 fully saturated rings. The van der Waals surface area contributed by atoms with Crippen molar-refractivity contribution in [3.63, 3.8) is 0 Å². The van der Waals surface area contributed by atoms with E-state index in [0.29, 0.717) is 30.3 Å². The second kappa shape index (κ2) is 8.07. The summed E-state index contributed by atoms with van der Waals surface area (Å²) in [5.41, 5.74) is 3.35. The number of amides is 1. The SMILES string of the molecule is Cc1ccc(Cn2nc(C)c3cc(C(=O)NCC4COc5ccccc5O4)sc32)cc1. The van der Waals surface area contributed by atoms with Gasteiger partial charge in [-0.3, -0.25) is 9.48 Å². The quantitative estimate of drug-likeness (QED) is 0.509. The van der Waals surface area contributed by atoms with Crippen molar-refractivity contribution in [3.8, 4) is 11.5 Å². The number of nitrogens with zero attached hydrogens (tertiary/aromatic N) is 2. The van der Waals surface area contributed by atoms with Gasteiger partial charge in [-0.2, -0.15) is 5.10 Å². The van der Waals surface area contributed by atoms with Gasteiger partial charge in [-0.05, 0) is 37.6 Å². The number of fused-ring (bicyclic) bond motifs is 2. The molecule has 4 aromatic rings. The first-order valence-electron chi connectivity index (χ1n) is 10.3. The molecule has 2 aromatic heterocycles. The molecule has 5 rings (SSSR count). The van der Waals surface area contributed by atoms with Crippen LogP contribution in [0.15, 0.2) is 54.6 Å². The molecule has 1 aliphatic heterocycles. The van der Waals surface area contributed by atoms with E-state index < -0.39 is 0 Å². The van der Waals surface area contributed by atoms with Crippen molar-refractivity contribution in [2.24, 2.45) is 0 Å². The number of benzene rings is 2. The number of rotatable bonds is 5. The van der Waals surface area contributed by atoms with E-state index in [4.69, 9.17) is 9.47 Å². The fourth-order valence-corrected chi connectivity index (χ4v) is 4.73. The van der Waals surface area contributed by atoms with Gasteiger partial charge in [-0.15, -0.1) is 11.3 Å². The van der Waals surface area contributed by atoms with Crippen LogP contribution >= 0.6 is 11.3 Å². The van der Waals surface area contributed by atoms with E-state index in [9.17, 15) is 4.79 Å². The van der Waals surface area contributed by atoms with Crippen LogP contribution < -0.4 is 14.8 Å². The zero-order valence-corrected chi connectivity index (χ0v) is 18.2. The van der Waals surface area contributed by atoms with Crippen LogP contribution in [-0.4, -0.2) is 34.9 Å². The normalized spacial score (nSPS) is 15.2. The van der Waals surface area contributed by atoms with Gasteiger partial charge in [0.2, 0.25) is 0 Å². The number of hydrogen-bond acceptors (Lipinski definition) is 5. The number of thiophene rings is 1. The molecule has 0 bridgehead atoms. The second-order valence-electron chi connectivity index (χ2n) is 7.77. The minimum absolute atomic E-state index is 0.107. The standard InChI is InChI=1S/C24H23N3O3S/c1-15-7-9-17(10-8-15)13-27-24-19(16(2)26-27)11-22(31-24)23(28)25-12-18-14-29-20-5-3-4-6-21(20)30-18/h3-11,18H,12-14H2,1-2H3,(H,25,28). The predicted octanol–water partition coefficient (Wildman–Crippen LogP) is 4.33. The topological polar surface area (TPSA) is 65.4 Å². The summed E-state index contributed by atoms with van der Waals surface area (Å²) in [5.74, 6) is 1.34. The number of aryl methyl sites for hydroxylation is 2. The Morgan fingerprint density at radius 2 is 1.94 bits per heavy atom. The monoisotopic (exact) mass is 433 g/mol. The lowest BCUT2D eigenvalue weighted by molar-refractivity contribution is 0.0791. The van der Waals surface area contributed by atoms with Crippen molar-refractivity contribution in [2.45, 2.75) is 26.5 Å². The Bertz CT molecular complexity index is 1240. The minimum atomic E-state index is -0.216. The number of aromatic nitrogens is 2. The molecule has 1 aliphatic rings. The first kappa shape index (κ1) is 19.6. The van der Waals surface area contributed by atoms with E-state index in [1.165, 1.54) is 22.5 Å². The van der Waals surface area contributed by atoms with E-state index in [0.717, 1.165) is 21.7 Å². The summed E-state index contributed by atoms with van der Waals surface area (Å²) in [6.07, 6.45) is -0.216. The van der Waals surface area contributed by atoms with Crippen LogP contribution in [0.1, 0.15) is 26.5 Å². The third kappa shape index (κ3) is 4.01. The van der Waals surface area contributed by atoms with E-state index in [1.54, 1.807) is 0 Å². The summed E-state index contributed by atoms with van der Waals surface area (Å²) >= 11 is 1.47. The van der Waals surface area contributed by atoms with E-state index >= 15 is 0 Å². The van der Waals surface area contributed by atoms with Gasteiger partial charge in [0.15, 0.2) is 11.5 Å². The fraction of sp³-hybridized carbons (Fsp3) is 0.250. The largest absolute Gasteiger partial charge is 0.486 e. The van der Waals surface area contributed by atoms with Gasteiger partial charge in [-0.1, -0.05) is 42.0 Å². The van der Waals surface area contributed by atoms with Crippen LogP contribution in [0.25, 0.3) is 10.2 Å². The summed E-state index contributed by atoms with van der Waals surface area (Å²) in [7, 11) is 0. The van der Waals surface area contributed by atoms with Crippen LogP contribution in [0.3, 0.4) is 0 Å². The second-order valence-corrected chi connectivity index (χ2v) is 8.80. The average Bonchev–Trinajstić information content (AvgIpc) is 3.35. The third-order valence-electron chi connectivity index (χ3n) is 5.34. The maximum absolute atomic E-state index is 12.8. The zero-order chi connectivity index (χ0) is 21.4. The third-order valence-corrected chi connectivity index (χ3v) is 6.49. The molecule has 1 amide bonds. The van der Waals surface area contributed by atoms with E-state index in [-0.39, 0.29) is 12.0 Å². The summed E-state index contributed by atoms with van der Waals surface area (Å²) in [6, 6.07) is 17.9. The summed E-state index contributed by atoms with van der Waals surface area (Å²) in [4.78, 5) is 14.5. The highest BCUT2D eigenvalue weighted by Gasteiger charge is 2.22.